The summed E-state index contributed by atoms with van der Waals surface area (Å²) in [6.45, 7) is 0. The number of rotatable bonds is 4. The summed E-state index contributed by atoms with van der Waals surface area (Å²) in [4.78, 5) is 15.7. The van der Waals surface area contributed by atoms with Crippen LogP contribution in [0.3, 0.4) is 0 Å². The molecule has 55 heavy (non-hydrogen) atoms. The molecule has 0 aliphatic carbocycles. The van der Waals surface area contributed by atoms with Gasteiger partial charge in [-0.1, -0.05) is 97.1 Å². The van der Waals surface area contributed by atoms with Crippen molar-refractivity contribution in [2.24, 2.45) is 0 Å². The van der Waals surface area contributed by atoms with Crippen molar-refractivity contribution in [1.29, 1.82) is 0 Å². The molecule has 0 saturated carbocycles. The van der Waals surface area contributed by atoms with E-state index in [1.54, 1.807) is 0 Å². The van der Waals surface area contributed by atoms with Gasteiger partial charge in [0.2, 0.25) is 0 Å². The van der Waals surface area contributed by atoms with E-state index in [0.29, 0.717) is 17.5 Å². The second-order valence-electron chi connectivity index (χ2n) is 13.9. The van der Waals surface area contributed by atoms with Crippen molar-refractivity contribution in [3.63, 3.8) is 0 Å². The summed E-state index contributed by atoms with van der Waals surface area (Å²) in [5.41, 5.74) is 9.84. The topological polar surface area (TPSA) is 78.1 Å². The van der Waals surface area contributed by atoms with Crippen LogP contribution in [0.2, 0.25) is 0 Å². The zero-order valence-electron chi connectivity index (χ0n) is 29.2. The molecule has 8 aromatic carbocycles. The summed E-state index contributed by atoms with van der Waals surface area (Å²) in [6, 6.07) is 55.8. The van der Waals surface area contributed by atoms with E-state index in [4.69, 9.17) is 28.2 Å². The molecule has 4 heterocycles. The monoisotopic (exact) mass is 705 g/mol. The molecule has 0 amide bonds. The predicted octanol–water partition coefficient (Wildman–Crippen LogP) is 13.4. The Morgan fingerprint density at radius 3 is 1.35 bits per heavy atom. The second kappa shape index (κ2) is 11.5. The summed E-state index contributed by atoms with van der Waals surface area (Å²) < 4.78 is 19.0. The maximum atomic E-state index is 6.60. The van der Waals surface area contributed by atoms with E-state index in [-0.39, 0.29) is 0 Å². The average molecular weight is 706 g/mol. The number of nitrogens with zero attached hydrogens (tertiary/aromatic N) is 3. The van der Waals surface area contributed by atoms with Crippen molar-refractivity contribution in [3.8, 4) is 45.3 Å². The van der Waals surface area contributed by atoms with Gasteiger partial charge in [-0.25, -0.2) is 15.0 Å². The number of aromatic nitrogens is 3. The van der Waals surface area contributed by atoms with Crippen molar-refractivity contribution in [2.45, 2.75) is 0 Å². The van der Waals surface area contributed by atoms with Crippen LogP contribution in [0.1, 0.15) is 0 Å². The minimum atomic E-state index is 0.565. The van der Waals surface area contributed by atoms with E-state index in [9.17, 15) is 0 Å². The molecule has 6 heteroatoms. The fourth-order valence-corrected chi connectivity index (χ4v) is 8.08. The third kappa shape index (κ3) is 4.65. The van der Waals surface area contributed by atoms with Gasteiger partial charge in [0, 0.05) is 54.4 Å². The number of para-hydroxylation sites is 3. The van der Waals surface area contributed by atoms with Gasteiger partial charge in [0.05, 0.1) is 0 Å². The third-order valence-electron chi connectivity index (χ3n) is 10.7. The lowest BCUT2D eigenvalue weighted by Crippen LogP contribution is -2.01. The normalized spacial score (nSPS) is 12.0. The van der Waals surface area contributed by atoms with Gasteiger partial charge in [-0.3, -0.25) is 0 Å². The highest BCUT2D eigenvalue weighted by molar-refractivity contribution is 6.19. The van der Waals surface area contributed by atoms with Gasteiger partial charge in [-0.05, 0) is 83.2 Å². The Morgan fingerprint density at radius 2 is 0.727 bits per heavy atom. The number of furan rings is 3. The summed E-state index contributed by atoms with van der Waals surface area (Å²) >= 11 is 0. The van der Waals surface area contributed by atoms with E-state index in [2.05, 4.69) is 78.9 Å². The van der Waals surface area contributed by atoms with Crippen LogP contribution in [0.5, 0.6) is 0 Å². The molecule has 0 aliphatic heterocycles. The lowest BCUT2D eigenvalue weighted by molar-refractivity contribution is 0.668. The van der Waals surface area contributed by atoms with E-state index >= 15 is 0 Å². The minimum absolute atomic E-state index is 0.565. The van der Waals surface area contributed by atoms with Gasteiger partial charge < -0.3 is 13.3 Å². The molecule has 0 atom stereocenters. The van der Waals surface area contributed by atoms with E-state index < -0.39 is 0 Å². The Bertz CT molecular complexity index is 3370. The van der Waals surface area contributed by atoms with E-state index in [1.165, 1.54) is 0 Å². The molecule has 12 aromatic rings. The molecule has 0 radical (unpaired) electrons. The minimum Gasteiger partial charge on any atom is -0.456 e. The van der Waals surface area contributed by atoms with Crippen molar-refractivity contribution >= 4 is 76.6 Å². The fraction of sp³-hybridized carbons (Fsp3) is 0. The van der Waals surface area contributed by atoms with Crippen LogP contribution in [0, 0.1) is 0 Å². The highest BCUT2D eigenvalue weighted by Gasteiger charge is 2.21. The van der Waals surface area contributed by atoms with E-state index in [0.717, 1.165) is 104 Å². The molecule has 12 rings (SSSR count). The smallest absolute Gasteiger partial charge is 0.164 e. The number of fused-ring (bicyclic) bond motifs is 11. The van der Waals surface area contributed by atoms with Crippen LogP contribution in [-0.2, 0) is 0 Å². The van der Waals surface area contributed by atoms with Gasteiger partial charge in [0.1, 0.15) is 33.5 Å². The Morgan fingerprint density at radius 1 is 0.273 bits per heavy atom. The molecule has 0 saturated heterocycles. The summed E-state index contributed by atoms with van der Waals surface area (Å²) in [6.07, 6.45) is 0. The van der Waals surface area contributed by atoms with Crippen molar-refractivity contribution in [2.75, 3.05) is 0 Å². The zero-order valence-corrected chi connectivity index (χ0v) is 29.2. The maximum absolute atomic E-state index is 6.60. The van der Waals surface area contributed by atoms with Crippen molar-refractivity contribution in [3.05, 3.63) is 164 Å². The van der Waals surface area contributed by atoms with Crippen LogP contribution < -0.4 is 0 Å². The number of benzene rings is 8. The number of hydrogen-bond acceptors (Lipinski definition) is 6. The molecule has 4 aromatic heterocycles. The molecule has 0 unspecified atom stereocenters. The molecule has 0 spiro atoms. The largest absolute Gasteiger partial charge is 0.456 e. The Balaban J connectivity index is 1.15. The first-order chi connectivity index (χ1) is 27.2. The first kappa shape index (κ1) is 29.9. The molecule has 0 bridgehead atoms. The van der Waals surface area contributed by atoms with Gasteiger partial charge in [-0.15, -0.1) is 0 Å². The zero-order chi connectivity index (χ0) is 36.0. The average Bonchev–Trinajstić information content (AvgIpc) is 3.94. The van der Waals surface area contributed by atoms with Crippen molar-refractivity contribution in [1.82, 2.24) is 15.0 Å². The van der Waals surface area contributed by atoms with E-state index in [1.807, 2.05) is 84.9 Å². The van der Waals surface area contributed by atoms with Gasteiger partial charge in [0.15, 0.2) is 17.5 Å². The molecular formula is C49H27N3O3. The Kier molecular flexibility index (Phi) is 6.24. The van der Waals surface area contributed by atoms with Crippen molar-refractivity contribution < 1.29 is 13.3 Å². The maximum Gasteiger partial charge on any atom is 0.164 e. The number of hydrogen-bond donors (Lipinski definition) is 0. The predicted molar refractivity (Wildman–Crippen MR) is 221 cm³/mol. The molecular weight excluding hydrogens is 679 g/mol. The molecule has 6 nitrogen and oxygen atoms in total. The van der Waals surface area contributed by atoms with Gasteiger partial charge >= 0.3 is 0 Å². The fourth-order valence-electron chi connectivity index (χ4n) is 8.08. The van der Waals surface area contributed by atoms with Crippen LogP contribution >= 0.6 is 0 Å². The van der Waals surface area contributed by atoms with Crippen LogP contribution in [0.15, 0.2) is 177 Å². The quantitative estimate of drug-likeness (QED) is 0.181. The Labute approximate surface area is 312 Å². The molecule has 0 N–H and O–H groups in total. The first-order valence-corrected chi connectivity index (χ1v) is 18.3. The molecule has 256 valence electrons. The summed E-state index contributed by atoms with van der Waals surface area (Å²) in [7, 11) is 0. The molecule has 0 aliphatic rings. The van der Waals surface area contributed by atoms with Crippen LogP contribution in [0.25, 0.3) is 122 Å². The summed E-state index contributed by atoms with van der Waals surface area (Å²) in [5, 5.41) is 8.13. The lowest BCUT2D eigenvalue weighted by atomic mass is 9.95. The SMILES string of the molecule is c1ccc(-c2ccc3c(-c4nc(-c5ccc6oc7ccccc7c6c5)nc(-c5ccc6oc7ccccc7c6c5)n4)cc4c5ccccc5oc4c3c2)cc1. The van der Waals surface area contributed by atoms with Crippen LogP contribution in [-0.4, -0.2) is 15.0 Å². The van der Waals surface area contributed by atoms with Gasteiger partial charge in [0.25, 0.3) is 0 Å². The Hall–Kier alpha value is -7.57. The highest BCUT2D eigenvalue weighted by Crippen LogP contribution is 2.42. The molecule has 0 fully saturated rings. The second-order valence-corrected chi connectivity index (χ2v) is 13.9. The lowest BCUT2D eigenvalue weighted by Gasteiger charge is -2.12. The first-order valence-electron chi connectivity index (χ1n) is 18.3. The summed E-state index contributed by atoms with van der Waals surface area (Å²) in [5.74, 6) is 1.70. The van der Waals surface area contributed by atoms with Gasteiger partial charge in [-0.2, -0.15) is 0 Å². The standard InChI is InChI=1S/C49H27N3O3/c1-2-10-28(11-3-1)29-18-21-32-38(24-29)46-39(35-14-6-9-17-43(35)55-46)27-40(32)49-51-47(30-19-22-44-36(25-30)33-12-4-7-15-41(33)53-44)50-48(52-49)31-20-23-45-37(26-31)34-13-5-8-16-42(34)54-45/h1-27H. The third-order valence-corrected chi connectivity index (χ3v) is 10.7. The highest BCUT2D eigenvalue weighted by atomic mass is 16.3. The van der Waals surface area contributed by atoms with Crippen LogP contribution in [0.4, 0.5) is 0 Å².